The number of aromatic nitrogens is 2. The number of carboxylic acid groups (broad SMARTS) is 1. The molecule has 112 valence electrons. The van der Waals surface area contributed by atoms with Gasteiger partial charge in [0.25, 0.3) is 0 Å². The molecule has 0 unspecified atom stereocenters. The molecule has 1 aromatic carbocycles. The van der Waals surface area contributed by atoms with Crippen molar-refractivity contribution in [1.82, 2.24) is 14.7 Å². The third-order valence-electron chi connectivity index (χ3n) is 3.66. The number of rotatable bonds is 6. The molecule has 5 nitrogen and oxygen atoms in total. The summed E-state index contributed by atoms with van der Waals surface area (Å²) >= 11 is 0. The summed E-state index contributed by atoms with van der Waals surface area (Å²) in [6, 6.07) is 11.5. The minimum absolute atomic E-state index is 0.472. The number of carbonyl (C=O) groups is 1. The van der Waals surface area contributed by atoms with Crippen LogP contribution in [0.3, 0.4) is 0 Å². The summed E-state index contributed by atoms with van der Waals surface area (Å²) in [4.78, 5) is 13.1. The van der Waals surface area contributed by atoms with Gasteiger partial charge in [0.15, 0.2) is 0 Å². The zero-order valence-corrected chi connectivity index (χ0v) is 12.7. The Morgan fingerprint density at radius 2 is 2.05 bits per heavy atom. The summed E-state index contributed by atoms with van der Waals surface area (Å²) in [6.07, 6.45) is 0.579. The fourth-order valence-electron chi connectivity index (χ4n) is 2.44. The normalized spacial score (nSPS) is 12.6. The quantitative estimate of drug-likeness (QED) is 0.886. The molecule has 0 spiro atoms. The van der Waals surface area contributed by atoms with Gasteiger partial charge in [0.05, 0.1) is 11.4 Å². The molecule has 0 aliphatic carbocycles. The van der Waals surface area contributed by atoms with Crippen molar-refractivity contribution in [3.05, 3.63) is 42.1 Å². The summed E-state index contributed by atoms with van der Waals surface area (Å²) in [5.41, 5.74) is 2.97. The van der Waals surface area contributed by atoms with Gasteiger partial charge in [-0.1, -0.05) is 37.3 Å². The van der Waals surface area contributed by atoms with Crippen LogP contribution in [0, 0.1) is 0 Å². The van der Waals surface area contributed by atoms with E-state index in [-0.39, 0.29) is 0 Å². The van der Waals surface area contributed by atoms with Crippen molar-refractivity contribution in [2.24, 2.45) is 7.05 Å². The second-order valence-electron chi connectivity index (χ2n) is 5.19. The van der Waals surface area contributed by atoms with E-state index in [1.54, 1.807) is 0 Å². The van der Waals surface area contributed by atoms with E-state index in [4.69, 9.17) is 0 Å². The second-order valence-corrected chi connectivity index (χ2v) is 5.19. The number of nitrogens with zero attached hydrogens (tertiary/aromatic N) is 3. The van der Waals surface area contributed by atoms with E-state index < -0.39 is 12.0 Å². The van der Waals surface area contributed by atoms with Gasteiger partial charge in [0, 0.05) is 19.2 Å². The summed E-state index contributed by atoms with van der Waals surface area (Å²) in [7, 11) is 3.72. The minimum atomic E-state index is -0.787. The molecule has 2 aromatic rings. The third-order valence-corrected chi connectivity index (χ3v) is 3.66. The zero-order chi connectivity index (χ0) is 15.4. The lowest BCUT2D eigenvalue weighted by molar-refractivity contribution is -0.143. The van der Waals surface area contributed by atoms with Crippen LogP contribution in [0.4, 0.5) is 0 Å². The van der Waals surface area contributed by atoms with E-state index >= 15 is 0 Å². The molecule has 1 heterocycles. The number of aliphatic carboxylic acids is 1. The van der Waals surface area contributed by atoms with Crippen LogP contribution in [-0.4, -0.2) is 38.8 Å². The molecule has 0 aliphatic heterocycles. The first-order valence-electron chi connectivity index (χ1n) is 7.04. The van der Waals surface area contributed by atoms with Crippen LogP contribution in [-0.2, 0) is 18.4 Å². The second kappa shape index (κ2) is 6.54. The van der Waals surface area contributed by atoms with Gasteiger partial charge in [0.1, 0.15) is 6.04 Å². The first kappa shape index (κ1) is 15.3. The van der Waals surface area contributed by atoms with E-state index in [1.165, 1.54) is 0 Å². The van der Waals surface area contributed by atoms with E-state index in [0.29, 0.717) is 13.0 Å². The number of benzene rings is 1. The first-order chi connectivity index (χ1) is 10.0. The van der Waals surface area contributed by atoms with Crippen molar-refractivity contribution in [1.29, 1.82) is 0 Å². The summed E-state index contributed by atoms with van der Waals surface area (Å²) in [5, 5.41) is 13.7. The van der Waals surface area contributed by atoms with Crippen molar-refractivity contribution in [2.45, 2.75) is 25.9 Å². The topological polar surface area (TPSA) is 58.4 Å². The Labute approximate surface area is 124 Å². The number of carboxylic acids is 1. The molecule has 1 atom stereocenters. The fourth-order valence-corrected chi connectivity index (χ4v) is 2.44. The van der Waals surface area contributed by atoms with Gasteiger partial charge < -0.3 is 5.11 Å². The van der Waals surface area contributed by atoms with Crippen molar-refractivity contribution >= 4 is 5.97 Å². The average molecular weight is 287 g/mol. The molecule has 0 amide bonds. The van der Waals surface area contributed by atoms with Crippen molar-refractivity contribution in [3.63, 3.8) is 0 Å². The molecule has 0 bridgehead atoms. The maximum absolute atomic E-state index is 11.2. The molecular formula is C16H21N3O2. The predicted molar refractivity (Wildman–Crippen MR) is 81.8 cm³/mol. The summed E-state index contributed by atoms with van der Waals surface area (Å²) in [5.74, 6) is -0.787. The van der Waals surface area contributed by atoms with Gasteiger partial charge in [-0.25, -0.2) is 0 Å². The molecule has 0 saturated heterocycles. The van der Waals surface area contributed by atoms with E-state index in [1.807, 2.05) is 67.0 Å². The molecule has 5 heteroatoms. The van der Waals surface area contributed by atoms with Crippen LogP contribution in [0.1, 0.15) is 19.0 Å². The Morgan fingerprint density at radius 1 is 1.38 bits per heavy atom. The smallest absolute Gasteiger partial charge is 0.320 e. The minimum Gasteiger partial charge on any atom is -0.480 e. The molecular weight excluding hydrogens is 266 g/mol. The van der Waals surface area contributed by atoms with Crippen LogP contribution in [0.2, 0.25) is 0 Å². The Kier molecular flexibility index (Phi) is 4.75. The van der Waals surface area contributed by atoms with E-state index in [0.717, 1.165) is 17.0 Å². The molecule has 0 fully saturated rings. The highest BCUT2D eigenvalue weighted by Crippen LogP contribution is 2.19. The van der Waals surface area contributed by atoms with E-state index in [2.05, 4.69) is 5.10 Å². The van der Waals surface area contributed by atoms with Gasteiger partial charge in [-0.3, -0.25) is 14.4 Å². The van der Waals surface area contributed by atoms with Gasteiger partial charge in [-0.05, 0) is 19.5 Å². The highest BCUT2D eigenvalue weighted by atomic mass is 16.4. The van der Waals surface area contributed by atoms with Gasteiger partial charge in [-0.2, -0.15) is 5.10 Å². The lowest BCUT2D eigenvalue weighted by atomic mass is 10.1. The first-order valence-corrected chi connectivity index (χ1v) is 7.04. The molecule has 0 radical (unpaired) electrons. The van der Waals surface area contributed by atoms with Crippen LogP contribution < -0.4 is 0 Å². The monoisotopic (exact) mass is 287 g/mol. The number of likely N-dealkylation sites (N-methyl/N-ethyl adjacent to an activating group) is 1. The maximum Gasteiger partial charge on any atom is 0.320 e. The molecule has 2 rings (SSSR count). The van der Waals surface area contributed by atoms with Crippen LogP contribution >= 0.6 is 0 Å². The number of aryl methyl sites for hydroxylation is 1. The Hall–Kier alpha value is -2.14. The summed E-state index contributed by atoms with van der Waals surface area (Å²) < 4.78 is 1.81. The fraction of sp³-hybridized carbons (Fsp3) is 0.375. The SMILES string of the molecule is CC[C@H](C(=O)O)N(C)Cc1cc(-c2ccccc2)nn1C. The average Bonchev–Trinajstić information content (AvgIpc) is 2.81. The van der Waals surface area contributed by atoms with E-state index in [9.17, 15) is 9.90 Å². The van der Waals surface area contributed by atoms with Crippen molar-refractivity contribution in [3.8, 4) is 11.3 Å². The van der Waals surface area contributed by atoms with Crippen LogP contribution in [0.15, 0.2) is 36.4 Å². The standard InChI is InChI=1S/C16H21N3O2/c1-4-15(16(20)21)18(2)11-13-10-14(17-19(13)3)12-8-6-5-7-9-12/h5-10,15H,4,11H2,1-3H3,(H,20,21)/t15-/m1/s1. The Balaban J connectivity index is 2.18. The van der Waals surface area contributed by atoms with Crippen LogP contribution in [0.25, 0.3) is 11.3 Å². The van der Waals surface area contributed by atoms with Gasteiger partial charge >= 0.3 is 5.97 Å². The Morgan fingerprint density at radius 3 is 2.62 bits per heavy atom. The molecule has 1 aromatic heterocycles. The number of hydrogen-bond acceptors (Lipinski definition) is 3. The van der Waals surface area contributed by atoms with Gasteiger partial charge in [0.2, 0.25) is 0 Å². The zero-order valence-electron chi connectivity index (χ0n) is 12.7. The highest BCUT2D eigenvalue weighted by Gasteiger charge is 2.21. The highest BCUT2D eigenvalue weighted by molar-refractivity contribution is 5.73. The van der Waals surface area contributed by atoms with Crippen molar-refractivity contribution in [2.75, 3.05) is 7.05 Å². The Bertz CT molecular complexity index is 607. The van der Waals surface area contributed by atoms with Crippen LogP contribution in [0.5, 0.6) is 0 Å². The molecule has 21 heavy (non-hydrogen) atoms. The summed E-state index contributed by atoms with van der Waals surface area (Å²) in [6.45, 7) is 2.44. The van der Waals surface area contributed by atoms with Crippen molar-refractivity contribution < 1.29 is 9.90 Å². The molecule has 1 N–H and O–H groups in total. The third kappa shape index (κ3) is 3.49. The predicted octanol–water partition coefficient (Wildman–Crippen LogP) is 2.38. The largest absolute Gasteiger partial charge is 0.480 e. The number of hydrogen-bond donors (Lipinski definition) is 1. The molecule has 0 saturated carbocycles. The van der Waals surface area contributed by atoms with Gasteiger partial charge in [-0.15, -0.1) is 0 Å². The lowest BCUT2D eigenvalue weighted by Gasteiger charge is -2.23. The maximum atomic E-state index is 11.2. The lowest BCUT2D eigenvalue weighted by Crippen LogP contribution is -2.37. The molecule has 0 aliphatic rings.